The molecule has 18 nitrogen and oxygen atoms in total. The lowest BCUT2D eigenvalue weighted by molar-refractivity contribution is -0.388. The van der Waals surface area contributed by atoms with Crippen LogP contribution < -0.4 is 5.73 Å². The summed E-state index contributed by atoms with van der Waals surface area (Å²) in [6.07, 6.45) is 5.21. The molecule has 0 radical (unpaired) electrons. The second-order valence-electron chi connectivity index (χ2n) is 27.1. The average Bonchev–Trinajstić information content (AvgIpc) is 4.32. The average molecular weight is 1110 g/mol. The van der Waals surface area contributed by atoms with Gasteiger partial charge in [-0.2, -0.15) is 0 Å². The van der Waals surface area contributed by atoms with Gasteiger partial charge in [-0.25, -0.2) is 9.78 Å². The Morgan fingerprint density at radius 3 is 2.01 bits per heavy atom. The van der Waals surface area contributed by atoms with Crippen LogP contribution in [0.3, 0.4) is 0 Å². The lowest BCUT2D eigenvalue weighted by Crippen LogP contribution is -2.66. The summed E-state index contributed by atoms with van der Waals surface area (Å²) in [5.74, 6) is -1.16. The van der Waals surface area contributed by atoms with Crippen LogP contribution in [-0.4, -0.2) is 183 Å². The molecule has 0 aliphatic carbocycles. The maximum atomic E-state index is 14.6. The van der Waals surface area contributed by atoms with Crippen molar-refractivity contribution in [3.05, 3.63) is 24.3 Å². The van der Waals surface area contributed by atoms with Gasteiger partial charge < -0.3 is 72.4 Å². The van der Waals surface area contributed by atoms with Gasteiger partial charge in [0.1, 0.15) is 36.1 Å². The first-order valence-corrected chi connectivity index (χ1v) is 30.8. The van der Waals surface area contributed by atoms with E-state index in [-0.39, 0.29) is 128 Å². The molecule has 29 atom stereocenters. The van der Waals surface area contributed by atoms with Gasteiger partial charge in [-0.15, -0.1) is 0 Å². The minimum atomic E-state index is -1.03. The summed E-state index contributed by atoms with van der Waals surface area (Å²) < 4.78 is 88.8. The Labute approximate surface area is 468 Å². The SMILES string of the molecule is C=C1C[C@@H]2CC[C@@H]3C[C@@H](OC)[C@H](O3)[C@H]3C[C@@H](OC)[C@H]4O[C@H](CC[C@@H]4O3)CC(=O)O[C@@H]3[C@@H](C)[C@@H]4O[C@]5(C)C[C@]6(C[C@@H]7OO[C@H]8C[C@@H](O)[C@@H](CN)O[C@H]8[C@@H](C)CC[C@H](C)[C@@H]7O6)O[C@]5(C)C[C@@H]4O[C@H]3C[C@H]3O[C@@H](CC[C@@H]1O2)C[C@@H](C)C3=C. The third-order valence-corrected chi connectivity index (χ3v) is 21.7. The van der Waals surface area contributed by atoms with Crippen LogP contribution in [0.15, 0.2) is 24.3 Å². The first kappa shape index (κ1) is 57.7. The fourth-order valence-corrected chi connectivity index (χ4v) is 16.9. The topological polar surface area (TPSA) is 202 Å². The van der Waals surface area contributed by atoms with Crippen LogP contribution in [-0.2, 0) is 76.1 Å². The molecule has 0 aromatic rings. The monoisotopic (exact) mass is 1110 g/mol. The quantitative estimate of drug-likeness (QED) is 0.165. The number of aliphatic hydroxyl groups is 1. The highest BCUT2D eigenvalue weighted by atomic mass is 17.2. The van der Waals surface area contributed by atoms with Gasteiger partial charge in [0, 0.05) is 71.6 Å². The molecule has 79 heavy (non-hydrogen) atoms. The van der Waals surface area contributed by atoms with Crippen LogP contribution in [0.2, 0.25) is 0 Å². The molecular weight excluding hydrogens is 1020 g/mol. The predicted octanol–water partition coefficient (Wildman–Crippen LogP) is 7.05. The smallest absolute Gasteiger partial charge is 0.308 e. The van der Waals surface area contributed by atoms with E-state index in [9.17, 15) is 9.90 Å². The third kappa shape index (κ3) is 11.2. The number of rotatable bonds is 3. The third-order valence-electron chi connectivity index (χ3n) is 21.7. The minimum absolute atomic E-state index is 0.0213. The summed E-state index contributed by atoms with van der Waals surface area (Å²) in [7, 11) is 3.49. The van der Waals surface area contributed by atoms with E-state index in [2.05, 4.69) is 54.7 Å². The van der Waals surface area contributed by atoms with Gasteiger partial charge in [-0.3, -0.25) is 4.79 Å². The number of carbonyl (C=O) groups is 1. The number of nitrogens with two attached hydrogens (primary N) is 1. The van der Waals surface area contributed by atoms with Crippen molar-refractivity contribution >= 4 is 5.97 Å². The predicted molar refractivity (Wildman–Crippen MR) is 285 cm³/mol. The molecule has 0 saturated carbocycles. The van der Waals surface area contributed by atoms with Crippen molar-refractivity contribution in [1.82, 2.24) is 0 Å². The summed E-state index contributed by atoms with van der Waals surface area (Å²) in [5, 5.41) is 10.9. The number of methoxy groups -OCH3 is 2. The number of hydrogen-bond acceptors (Lipinski definition) is 18. The van der Waals surface area contributed by atoms with Crippen LogP contribution in [0.1, 0.15) is 157 Å². The highest BCUT2D eigenvalue weighted by Crippen LogP contribution is 2.60. The van der Waals surface area contributed by atoms with Crippen molar-refractivity contribution in [2.45, 2.75) is 308 Å². The molecule has 14 fully saturated rings. The van der Waals surface area contributed by atoms with Crippen molar-refractivity contribution < 1.29 is 81.3 Å². The van der Waals surface area contributed by atoms with E-state index in [1.807, 2.05) is 0 Å². The summed E-state index contributed by atoms with van der Waals surface area (Å²) in [6, 6.07) is 0. The van der Waals surface area contributed by atoms with Gasteiger partial charge in [-0.05, 0) is 107 Å². The van der Waals surface area contributed by atoms with E-state index in [1.54, 1.807) is 14.2 Å². The standard InChI is InChI=1S/C61H95NO17/c1-30-11-12-31(2)54-50(78-77-48-23-40(63)51(28-62)73-53(30)48)27-61(76-54)29-60(8)59(7,79-61)26-49-56(75-60)35(6)55-46(72-49)24-43-34(5)32(3)19-37(68-43)15-17-41-33(4)20-36(67-41)13-14-38-21-44(65-9)58(69-38)47-25-45(66-10)57-42(71-47)18-16-39(70-57)22-52(64)74-55/h30-32,35-51,53-58,63H,4-5,11-29,62H2,1-3,6-10H3/t30-,31-,32+,35+,36-,37-,38+,39+,40+,41-,42-,43+,44+,45+,46-,47+,48-,49-,50-,51+,53-,54-,55+,56-,57-,58-,59+,60+,61-/m0/s1. The fraction of sp³-hybridized carbons (Fsp3) is 0.918. The number of carbonyl (C=O) groups excluding carboxylic acids is 1. The molecule has 14 heterocycles. The summed E-state index contributed by atoms with van der Waals surface area (Å²) >= 11 is 0. The second-order valence-corrected chi connectivity index (χ2v) is 27.1. The zero-order valence-corrected chi connectivity index (χ0v) is 48.4. The highest BCUT2D eigenvalue weighted by molar-refractivity contribution is 5.70. The van der Waals surface area contributed by atoms with Crippen molar-refractivity contribution in [3.63, 3.8) is 0 Å². The molecule has 18 heteroatoms. The van der Waals surface area contributed by atoms with Gasteiger partial charge in [-0.1, -0.05) is 40.9 Å². The van der Waals surface area contributed by atoms with Crippen LogP contribution in [0, 0.1) is 23.7 Å². The Balaban J connectivity index is 0.787. The lowest BCUT2D eigenvalue weighted by atomic mass is 9.72. The lowest BCUT2D eigenvalue weighted by Gasteiger charge is -2.56. The molecule has 14 saturated heterocycles. The van der Waals surface area contributed by atoms with E-state index in [0.717, 1.165) is 68.9 Å². The molecule has 0 aromatic heterocycles. The molecule has 14 rings (SSSR count). The summed E-state index contributed by atoms with van der Waals surface area (Å²) in [4.78, 5) is 27.3. The fourth-order valence-electron chi connectivity index (χ4n) is 16.9. The molecule has 0 unspecified atom stereocenters. The summed E-state index contributed by atoms with van der Waals surface area (Å²) in [6.45, 7) is 22.4. The van der Waals surface area contributed by atoms with Gasteiger partial charge in [0.2, 0.25) is 0 Å². The van der Waals surface area contributed by atoms with Crippen LogP contribution in [0.25, 0.3) is 0 Å². The Kier molecular flexibility index (Phi) is 16.8. The van der Waals surface area contributed by atoms with Gasteiger partial charge >= 0.3 is 5.97 Å². The Morgan fingerprint density at radius 1 is 0.582 bits per heavy atom. The molecular formula is C61H95NO17. The van der Waals surface area contributed by atoms with Gasteiger partial charge in [0.05, 0.1) is 116 Å². The molecule has 3 N–H and O–H groups in total. The van der Waals surface area contributed by atoms with E-state index < -0.39 is 65.8 Å². The largest absolute Gasteiger partial charge is 0.459 e. The highest BCUT2D eigenvalue weighted by Gasteiger charge is 2.71. The zero-order chi connectivity index (χ0) is 55.3. The van der Waals surface area contributed by atoms with Crippen molar-refractivity contribution in [1.29, 1.82) is 0 Å². The van der Waals surface area contributed by atoms with Crippen LogP contribution >= 0.6 is 0 Å². The molecule has 0 aromatic carbocycles. The van der Waals surface area contributed by atoms with Gasteiger partial charge in [0.15, 0.2) is 5.79 Å². The molecule has 446 valence electrons. The molecule has 14 aliphatic heterocycles. The van der Waals surface area contributed by atoms with E-state index in [0.29, 0.717) is 51.4 Å². The van der Waals surface area contributed by atoms with Crippen LogP contribution in [0.4, 0.5) is 0 Å². The maximum Gasteiger partial charge on any atom is 0.308 e. The number of fused-ring (bicyclic) bond motifs is 6. The Hall–Kier alpha value is -1.69. The number of hydrogen-bond donors (Lipinski definition) is 2. The molecule has 1 spiro atoms. The molecule has 10 bridgehead atoms. The number of aliphatic hydroxyl groups excluding tert-OH is 1. The first-order valence-electron chi connectivity index (χ1n) is 30.8. The molecule has 14 aliphatic rings. The van der Waals surface area contributed by atoms with E-state index in [1.165, 1.54) is 0 Å². The number of esters is 1. The Morgan fingerprint density at radius 2 is 1.23 bits per heavy atom. The van der Waals surface area contributed by atoms with E-state index >= 15 is 0 Å². The second kappa shape index (κ2) is 23.0. The van der Waals surface area contributed by atoms with Crippen molar-refractivity contribution in [2.24, 2.45) is 29.4 Å². The maximum absolute atomic E-state index is 14.6. The van der Waals surface area contributed by atoms with Crippen molar-refractivity contribution in [3.8, 4) is 0 Å². The zero-order valence-electron chi connectivity index (χ0n) is 48.4. The first-order chi connectivity index (χ1) is 37.8. The molecule has 0 amide bonds. The van der Waals surface area contributed by atoms with Crippen molar-refractivity contribution in [2.75, 3.05) is 20.8 Å². The number of ether oxygens (including phenoxy) is 13. The summed E-state index contributed by atoms with van der Waals surface area (Å²) in [5.41, 5.74) is 6.55. The normalized spacial score (nSPS) is 54.4. The minimum Gasteiger partial charge on any atom is -0.459 e. The van der Waals surface area contributed by atoms with Gasteiger partial charge in [0.25, 0.3) is 0 Å². The van der Waals surface area contributed by atoms with Crippen LogP contribution in [0.5, 0.6) is 0 Å². The van der Waals surface area contributed by atoms with E-state index in [4.69, 9.17) is 77.1 Å². The Bertz CT molecular complexity index is 2180.